The second-order valence-corrected chi connectivity index (χ2v) is 6.29. The van der Waals surface area contributed by atoms with E-state index in [0.29, 0.717) is 0 Å². The monoisotopic (exact) mass is 306 g/mol. The highest BCUT2D eigenvalue weighted by atomic mass is 16.7. The van der Waals surface area contributed by atoms with Crippen molar-refractivity contribution in [1.29, 1.82) is 0 Å². The van der Waals surface area contributed by atoms with Crippen LogP contribution in [0.15, 0.2) is 0 Å². The standard InChI is InChI=1S/C19H30O3/c1-7-9-11-13-15-18(3,4)21-17(20)22-19(5,6)16-14-12-10-8-2/h7-12H2,1-6H3. The molecule has 0 unspecified atom stereocenters. The predicted molar refractivity (Wildman–Crippen MR) is 90.3 cm³/mol. The van der Waals surface area contributed by atoms with Crippen LogP contribution in [0.3, 0.4) is 0 Å². The first-order chi connectivity index (χ1) is 10.2. The van der Waals surface area contributed by atoms with E-state index in [1.807, 2.05) is 0 Å². The summed E-state index contributed by atoms with van der Waals surface area (Å²) in [5.74, 6) is 12.0. The molecule has 0 rings (SSSR count). The molecule has 0 aromatic rings. The summed E-state index contributed by atoms with van der Waals surface area (Å²) in [6, 6.07) is 0. The lowest BCUT2D eigenvalue weighted by Crippen LogP contribution is -2.32. The van der Waals surface area contributed by atoms with E-state index in [0.717, 1.165) is 38.5 Å². The van der Waals surface area contributed by atoms with Gasteiger partial charge in [0.2, 0.25) is 0 Å². The van der Waals surface area contributed by atoms with Crippen LogP contribution in [0.1, 0.15) is 80.1 Å². The fourth-order valence-corrected chi connectivity index (χ4v) is 1.57. The van der Waals surface area contributed by atoms with Gasteiger partial charge in [0.1, 0.15) is 0 Å². The van der Waals surface area contributed by atoms with Crippen LogP contribution < -0.4 is 0 Å². The molecular weight excluding hydrogens is 276 g/mol. The second-order valence-electron chi connectivity index (χ2n) is 6.29. The minimum Gasteiger partial charge on any atom is -0.415 e. The van der Waals surface area contributed by atoms with Crippen molar-refractivity contribution in [3.05, 3.63) is 0 Å². The lowest BCUT2D eigenvalue weighted by molar-refractivity contribution is -0.0230. The van der Waals surface area contributed by atoms with Gasteiger partial charge in [-0.1, -0.05) is 50.4 Å². The quantitative estimate of drug-likeness (QED) is 0.390. The number of ether oxygens (including phenoxy) is 2. The average Bonchev–Trinajstić information content (AvgIpc) is 2.38. The van der Waals surface area contributed by atoms with Crippen molar-refractivity contribution < 1.29 is 14.3 Å². The summed E-state index contributed by atoms with van der Waals surface area (Å²) in [6.45, 7) is 11.3. The Kier molecular flexibility index (Phi) is 9.43. The van der Waals surface area contributed by atoms with E-state index >= 15 is 0 Å². The highest BCUT2D eigenvalue weighted by Crippen LogP contribution is 2.14. The van der Waals surface area contributed by atoms with Crippen LogP contribution in [0, 0.1) is 23.7 Å². The van der Waals surface area contributed by atoms with Crippen LogP contribution in [0.4, 0.5) is 4.79 Å². The predicted octanol–water partition coefficient (Wildman–Crippen LogP) is 5.08. The Morgan fingerprint density at radius 1 is 0.818 bits per heavy atom. The van der Waals surface area contributed by atoms with Gasteiger partial charge in [-0.2, -0.15) is 0 Å². The molecule has 0 N–H and O–H groups in total. The van der Waals surface area contributed by atoms with Gasteiger partial charge in [-0.25, -0.2) is 4.79 Å². The first kappa shape index (κ1) is 20.4. The van der Waals surface area contributed by atoms with Gasteiger partial charge in [0.25, 0.3) is 0 Å². The largest absolute Gasteiger partial charge is 0.511 e. The molecule has 0 radical (unpaired) electrons. The van der Waals surface area contributed by atoms with E-state index in [2.05, 4.69) is 37.5 Å². The molecule has 0 spiro atoms. The zero-order valence-corrected chi connectivity index (χ0v) is 15.0. The number of carbonyl (C=O) groups excluding carboxylic acids is 1. The summed E-state index contributed by atoms with van der Waals surface area (Å²) in [7, 11) is 0. The molecule has 0 bridgehead atoms. The third-order valence-corrected chi connectivity index (χ3v) is 2.77. The van der Waals surface area contributed by atoms with Gasteiger partial charge in [-0.05, 0) is 40.5 Å². The zero-order chi connectivity index (χ0) is 17.1. The molecule has 0 amide bonds. The van der Waals surface area contributed by atoms with Crippen molar-refractivity contribution in [2.24, 2.45) is 0 Å². The fraction of sp³-hybridized carbons (Fsp3) is 0.737. The normalized spacial score (nSPS) is 10.8. The van der Waals surface area contributed by atoms with E-state index in [4.69, 9.17) is 9.47 Å². The molecule has 0 saturated heterocycles. The van der Waals surface area contributed by atoms with Crippen LogP contribution in [-0.4, -0.2) is 17.4 Å². The van der Waals surface area contributed by atoms with Crippen LogP contribution in [0.5, 0.6) is 0 Å². The molecule has 124 valence electrons. The third-order valence-electron chi connectivity index (χ3n) is 2.77. The molecule has 3 heteroatoms. The summed E-state index contributed by atoms with van der Waals surface area (Å²) in [6.07, 6.45) is 5.19. The van der Waals surface area contributed by atoms with Gasteiger partial charge in [0.05, 0.1) is 0 Å². The summed E-state index contributed by atoms with van der Waals surface area (Å²) in [5, 5.41) is 0. The summed E-state index contributed by atoms with van der Waals surface area (Å²) < 4.78 is 10.6. The van der Waals surface area contributed by atoms with Gasteiger partial charge in [-0.15, -0.1) is 0 Å². The van der Waals surface area contributed by atoms with Crippen molar-refractivity contribution >= 4 is 6.16 Å². The average molecular weight is 306 g/mol. The van der Waals surface area contributed by atoms with Crippen LogP contribution >= 0.6 is 0 Å². The Balaban J connectivity index is 4.44. The Bertz CT molecular complexity index is 411. The SMILES string of the molecule is CCCCC#CC(C)(C)OC(=O)OC(C)(C)C#CCCCC. The van der Waals surface area contributed by atoms with Crippen LogP contribution in [0.2, 0.25) is 0 Å². The maximum atomic E-state index is 11.9. The lowest BCUT2D eigenvalue weighted by atomic mass is 10.1. The smallest absolute Gasteiger partial charge is 0.415 e. The van der Waals surface area contributed by atoms with Crippen molar-refractivity contribution in [3.63, 3.8) is 0 Å². The molecule has 22 heavy (non-hydrogen) atoms. The van der Waals surface area contributed by atoms with Crippen LogP contribution in [-0.2, 0) is 9.47 Å². The Morgan fingerprint density at radius 3 is 1.50 bits per heavy atom. The summed E-state index contributed by atoms with van der Waals surface area (Å²) in [4.78, 5) is 11.9. The molecule has 0 aliphatic rings. The maximum absolute atomic E-state index is 11.9. The van der Waals surface area contributed by atoms with Crippen molar-refractivity contribution in [1.82, 2.24) is 0 Å². The van der Waals surface area contributed by atoms with Gasteiger partial charge in [-0.3, -0.25) is 0 Å². The number of hydrogen-bond donors (Lipinski definition) is 0. The molecule has 0 fully saturated rings. The van der Waals surface area contributed by atoms with Gasteiger partial charge in [0.15, 0.2) is 11.2 Å². The molecule has 0 aliphatic heterocycles. The first-order valence-corrected chi connectivity index (χ1v) is 8.14. The van der Waals surface area contributed by atoms with Crippen molar-refractivity contribution in [3.8, 4) is 23.7 Å². The van der Waals surface area contributed by atoms with Crippen molar-refractivity contribution in [2.75, 3.05) is 0 Å². The van der Waals surface area contributed by atoms with E-state index in [1.54, 1.807) is 27.7 Å². The molecule has 0 aliphatic carbocycles. The minimum atomic E-state index is -0.851. The third kappa shape index (κ3) is 11.1. The topological polar surface area (TPSA) is 35.5 Å². The van der Waals surface area contributed by atoms with E-state index in [1.165, 1.54) is 0 Å². The molecule has 0 heterocycles. The van der Waals surface area contributed by atoms with E-state index in [9.17, 15) is 4.79 Å². The van der Waals surface area contributed by atoms with Gasteiger partial charge in [0, 0.05) is 12.8 Å². The molecule has 0 saturated carbocycles. The van der Waals surface area contributed by atoms with Crippen molar-refractivity contribution in [2.45, 2.75) is 91.3 Å². The number of rotatable bonds is 6. The summed E-state index contributed by atoms with van der Waals surface area (Å²) in [5.41, 5.74) is -1.70. The second kappa shape index (κ2) is 10.2. The first-order valence-electron chi connectivity index (χ1n) is 8.14. The minimum absolute atomic E-state index is 0.732. The fourth-order valence-electron chi connectivity index (χ4n) is 1.57. The maximum Gasteiger partial charge on any atom is 0.511 e. The van der Waals surface area contributed by atoms with Gasteiger partial charge >= 0.3 is 6.16 Å². The van der Waals surface area contributed by atoms with Crippen LogP contribution in [0.25, 0.3) is 0 Å². The molecule has 3 nitrogen and oxygen atoms in total. The Hall–Kier alpha value is -1.61. The van der Waals surface area contributed by atoms with E-state index in [-0.39, 0.29) is 0 Å². The molecule has 0 aromatic heterocycles. The molecule has 0 aromatic carbocycles. The number of hydrogen-bond acceptors (Lipinski definition) is 3. The van der Waals surface area contributed by atoms with Gasteiger partial charge < -0.3 is 9.47 Å². The highest BCUT2D eigenvalue weighted by Gasteiger charge is 2.26. The molecule has 0 atom stereocenters. The lowest BCUT2D eigenvalue weighted by Gasteiger charge is -2.23. The summed E-state index contributed by atoms with van der Waals surface area (Å²) >= 11 is 0. The molecular formula is C19H30O3. The number of carbonyl (C=O) groups is 1. The number of unbranched alkanes of at least 4 members (excludes halogenated alkanes) is 4. The highest BCUT2D eigenvalue weighted by molar-refractivity contribution is 5.62. The Labute approximate surface area is 136 Å². The zero-order valence-electron chi connectivity index (χ0n) is 15.0. The van der Waals surface area contributed by atoms with E-state index < -0.39 is 17.4 Å². The Morgan fingerprint density at radius 2 is 1.18 bits per heavy atom.